The second kappa shape index (κ2) is 10.8. The molecule has 0 aromatic heterocycles. The number of nitrogens with one attached hydrogen (secondary N) is 1. The molecule has 0 spiro atoms. The minimum absolute atomic E-state index is 0.295. The Kier molecular flexibility index (Phi) is 8.21. The summed E-state index contributed by atoms with van der Waals surface area (Å²) in [4.78, 5) is 34.9. The Bertz CT molecular complexity index is 855. The van der Waals surface area contributed by atoms with Gasteiger partial charge >= 0.3 is 5.97 Å². The molecule has 1 N–H and O–H groups in total. The molecule has 0 aliphatic rings. The number of hydrogen-bond donors (Lipinski definition) is 1. The summed E-state index contributed by atoms with van der Waals surface area (Å²) in [6.45, 7) is 3.22. The topological polar surface area (TPSA) is 90.9 Å². The number of methoxy groups -OCH3 is 1. The van der Waals surface area contributed by atoms with Crippen LogP contribution in [-0.4, -0.2) is 38.5 Å². The number of rotatable bonds is 10. The third kappa shape index (κ3) is 6.07. The number of aldehydes is 1. The van der Waals surface area contributed by atoms with Crippen LogP contribution in [0.2, 0.25) is 0 Å². The van der Waals surface area contributed by atoms with Crippen molar-refractivity contribution in [1.29, 1.82) is 0 Å². The molecule has 0 unspecified atom stereocenters. The number of aryl methyl sites for hydroxylation is 2. The molecule has 0 radical (unpaired) electrons. The summed E-state index contributed by atoms with van der Waals surface area (Å²) >= 11 is 0. The molecule has 7 nitrogen and oxygen atoms in total. The molecule has 2 aromatic rings. The fraction of sp³-hybridized carbons (Fsp3) is 0.318. The minimum atomic E-state index is -0.693. The smallest absolute Gasteiger partial charge is 0.344 e. The average Bonchev–Trinajstić information content (AvgIpc) is 2.76. The van der Waals surface area contributed by atoms with Gasteiger partial charge < -0.3 is 19.5 Å². The number of carbonyl (C=O) groups is 3. The van der Waals surface area contributed by atoms with Crippen LogP contribution in [0, 0.1) is 0 Å². The molecule has 0 aliphatic heterocycles. The van der Waals surface area contributed by atoms with E-state index in [0.717, 1.165) is 29.7 Å². The molecular formula is C22H25NO6. The molecule has 0 aliphatic carbocycles. The Morgan fingerprint density at radius 2 is 1.69 bits per heavy atom. The lowest BCUT2D eigenvalue weighted by molar-refractivity contribution is -0.149. The lowest BCUT2D eigenvalue weighted by atomic mass is 10.0. The van der Waals surface area contributed by atoms with Crippen LogP contribution < -0.4 is 14.8 Å². The summed E-state index contributed by atoms with van der Waals surface area (Å²) in [7, 11) is 1.43. The molecule has 0 atom stereocenters. The first-order valence-corrected chi connectivity index (χ1v) is 9.34. The Labute approximate surface area is 170 Å². The number of ether oxygens (including phenoxy) is 3. The molecule has 29 heavy (non-hydrogen) atoms. The minimum Gasteiger partial charge on any atom is -0.493 e. The van der Waals surface area contributed by atoms with E-state index < -0.39 is 25.1 Å². The number of amides is 1. The van der Waals surface area contributed by atoms with Crippen LogP contribution in [-0.2, 0) is 27.2 Å². The Morgan fingerprint density at radius 3 is 2.28 bits per heavy atom. The van der Waals surface area contributed by atoms with Gasteiger partial charge in [0.2, 0.25) is 0 Å². The highest BCUT2D eigenvalue weighted by Gasteiger charge is 2.14. The van der Waals surface area contributed by atoms with Crippen molar-refractivity contribution in [2.45, 2.75) is 26.7 Å². The summed E-state index contributed by atoms with van der Waals surface area (Å²) in [5.41, 5.74) is 3.25. The molecule has 0 fully saturated rings. The van der Waals surface area contributed by atoms with E-state index in [4.69, 9.17) is 14.2 Å². The lowest BCUT2D eigenvalue weighted by Crippen LogP contribution is -2.24. The largest absolute Gasteiger partial charge is 0.493 e. The van der Waals surface area contributed by atoms with Gasteiger partial charge in [0.05, 0.1) is 7.11 Å². The fourth-order valence-electron chi connectivity index (χ4n) is 2.78. The Hall–Kier alpha value is -3.35. The third-order valence-electron chi connectivity index (χ3n) is 4.30. The zero-order valence-electron chi connectivity index (χ0n) is 16.8. The number of anilines is 1. The van der Waals surface area contributed by atoms with Crippen molar-refractivity contribution in [3.63, 3.8) is 0 Å². The van der Waals surface area contributed by atoms with Crippen molar-refractivity contribution < 1.29 is 28.6 Å². The summed E-state index contributed by atoms with van der Waals surface area (Å²) < 4.78 is 15.5. The van der Waals surface area contributed by atoms with Crippen LogP contribution in [0.1, 0.15) is 35.3 Å². The third-order valence-corrected chi connectivity index (χ3v) is 4.30. The van der Waals surface area contributed by atoms with Gasteiger partial charge in [-0.05, 0) is 42.2 Å². The summed E-state index contributed by atoms with van der Waals surface area (Å²) in [6, 6.07) is 10.4. The maximum atomic E-state index is 12.2. The first-order valence-electron chi connectivity index (χ1n) is 9.34. The quantitative estimate of drug-likeness (QED) is 0.487. The normalized spacial score (nSPS) is 10.2. The second-order valence-corrected chi connectivity index (χ2v) is 6.18. The lowest BCUT2D eigenvalue weighted by Gasteiger charge is -2.14. The zero-order chi connectivity index (χ0) is 21.2. The van der Waals surface area contributed by atoms with Gasteiger partial charge in [-0.1, -0.05) is 32.0 Å². The number of para-hydroxylation sites is 1. The number of esters is 1. The molecule has 2 rings (SSSR count). The van der Waals surface area contributed by atoms with Gasteiger partial charge in [-0.25, -0.2) is 4.79 Å². The average molecular weight is 399 g/mol. The van der Waals surface area contributed by atoms with Crippen LogP contribution in [0.25, 0.3) is 0 Å². The van der Waals surface area contributed by atoms with Crippen molar-refractivity contribution in [3.8, 4) is 11.5 Å². The maximum Gasteiger partial charge on any atom is 0.344 e. The van der Waals surface area contributed by atoms with Gasteiger partial charge in [0.15, 0.2) is 24.7 Å². The van der Waals surface area contributed by atoms with E-state index in [1.165, 1.54) is 19.2 Å². The second-order valence-electron chi connectivity index (χ2n) is 6.18. The van der Waals surface area contributed by atoms with Crippen LogP contribution in [0.15, 0.2) is 36.4 Å². The Balaban J connectivity index is 1.88. The van der Waals surface area contributed by atoms with Gasteiger partial charge in [0.25, 0.3) is 5.91 Å². The van der Waals surface area contributed by atoms with E-state index in [-0.39, 0.29) is 0 Å². The van der Waals surface area contributed by atoms with Crippen molar-refractivity contribution in [2.24, 2.45) is 0 Å². The number of hydrogen-bond acceptors (Lipinski definition) is 6. The van der Waals surface area contributed by atoms with E-state index in [1.54, 1.807) is 6.07 Å². The van der Waals surface area contributed by atoms with Gasteiger partial charge in [0.1, 0.15) is 6.29 Å². The number of carbonyl (C=O) groups excluding carboxylic acids is 3. The van der Waals surface area contributed by atoms with Crippen molar-refractivity contribution in [3.05, 3.63) is 53.1 Å². The molecule has 0 bridgehead atoms. The van der Waals surface area contributed by atoms with E-state index >= 15 is 0 Å². The first-order chi connectivity index (χ1) is 14.0. The van der Waals surface area contributed by atoms with E-state index in [1.807, 2.05) is 32.0 Å². The van der Waals surface area contributed by atoms with E-state index in [9.17, 15) is 14.4 Å². The molecular weight excluding hydrogens is 374 g/mol. The van der Waals surface area contributed by atoms with Crippen LogP contribution in [0.5, 0.6) is 11.5 Å². The number of benzene rings is 2. The SMILES string of the molecule is CCc1cccc(CC)c1NC(=O)COC(=O)COc1ccc(C=O)cc1OC. The standard InChI is InChI=1S/C22H25NO6/c1-4-16-7-6-8-17(5-2)22(16)23-20(25)13-29-21(26)14-28-18-10-9-15(12-24)11-19(18)27-3/h6-12H,4-5,13-14H2,1-3H3,(H,23,25). The predicted molar refractivity (Wildman–Crippen MR) is 109 cm³/mol. The molecule has 154 valence electrons. The monoisotopic (exact) mass is 399 g/mol. The van der Waals surface area contributed by atoms with E-state index in [0.29, 0.717) is 23.3 Å². The van der Waals surface area contributed by atoms with Gasteiger partial charge in [0, 0.05) is 11.3 Å². The molecule has 2 aromatic carbocycles. The summed E-state index contributed by atoms with van der Waals surface area (Å²) in [5.74, 6) is -0.490. The molecule has 1 amide bonds. The van der Waals surface area contributed by atoms with Crippen LogP contribution >= 0.6 is 0 Å². The van der Waals surface area contributed by atoms with Gasteiger partial charge in [-0.15, -0.1) is 0 Å². The molecule has 0 heterocycles. The van der Waals surface area contributed by atoms with Gasteiger partial charge in [-0.2, -0.15) is 0 Å². The van der Waals surface area contributed by atoms with E-state index in [2.05, 4.69) is 5.32 Å². The summed E-state index contributed by atoms with van der Waals surface area (Å²) in [5, 5.41) is 2.83. The molecule has 7 heteroatoms. The highest BCUT2D eigenvalue weighted by Crippen LogP contribution is 2.27. The molecule has 0 saturated carbocycles. The van der Waals surface area contributed by atoms with Crippen molar-refractivity contribution in [1.82, 2.24) is 0 Å². The zero-order valence-corrected chi connectivity index (χ0v) is 16.8. The van der Waals surface area contributed by atoms with Crippen LogP contribution in [0.3, 0.4) is 0 Å². The Morgan fingerprint density at radius 1 is 1.00 bits per heavy atom. The van der Waals surface area contributed by atoms with Crippen LogP contribution in [0.4, 0.5) is 5.69 Å². The van der Waals surface area contributed by atoms with Crippen molar-refractivity contribution in [2.75, 3.05) is 25.6 Å². The first kappa shape index (κ1) is 21.9. The maximum absolute atomic E-state index is 12.2. The highest BCUT2D eigenvalue weighted by molar-refractivity contribution is 5.94. The molecule has 0 saturated heterocycles. The summed E-state index contributed by atoms with van der Waals surface area (Å²) in [6.07, 6.45) is 2.24. The fourth-order valence-corrected chi connectivity index (χ4v) is 2.78. The van der Waals surface area contributed by atoms with Crippen molar-refractivity contribution >= 4 is 23.9 Å². The highest BCUT2D eigenvalue weighted by atomic mass is 16.6. The van der Waals surface area contributed by atoms with Gasteiger partial charge in [-0.3, -0.25) is 9.59 Å². The predicted octanol–water partition coefficient (Wildman–Crippen LogP) is 3.19.